The molecule has 0 aromatic rings. The number of likely N-dealkylation sites (N-methyl/N-ethyl adjacent to an activating group) is 1. The highest BCUT2D eigenvalue weighted by atomic mass is 16.4. The van der Waals surface area contributed by atoms with E-state index in [2.05, 4.69) is 16.6 Å². The summed E-state index contributed by atoms with van der Waals surface area (Å²) in [4.78, 5) is 35.3. The van der Waals surface area contributed by atoms with Gasteiger partial charge in [-0.1, -0.05) is 0 Å². The molecule has 1 saturated heterocycles. The molecule has 3 amide bonds. The van der Waals surface area contributed by atoms with E-state index in [0.717, 1.165) is 0 Å². The molecule has 0 bridgehead atoms. The summed E-state index contributed by atoms with van der Waals surface area (Å²) < 4.78 is 0. The van der Waals surface area contributed by atoms with Crippen LogP contribution in [0.5, 0.6) is 0 Å². The number of likely N-dealkylation sites (tertiary alicyclic amines) is 1. The third kappa shape index (κ3) is 3.38. The van der Waals surface area contributed by atoms with E-state index in [4.69, 9.17) is 11.5 Å². The van der Waals surface area contributed by atoms with Crippen molar-refractivity contribution in [2.24, 2.45) is 0 Å². The molecule has 1 aliphatic rings. The normalized spacial score (nSPS) is 20.1. The second kappa shape index (κ2) is 5.91. The Bertz CT molecular complexity index is 402. The lowest BCUT2D eigenvalue weighted by molar-refractivity contribution is -0.139. The fraction of sp³-hybridized carbons (Fsp3) is 0.545. The van der Waals surface area contributed by atoms with Crippen molar-refractivity contribution in [1.29, 1.82) is 0 Å². The number of hydrogen-bond donors (Lipinski definition) is 3. The average molecular weight is 253 g/mol. The lowest BCUT2D eigenvalue weighted by Gasteiger charge is -2.16. The van der Waals surface area contributed by atoms with E-state index in [1.807, 2.05) is 0 Å². The van der Waals surface area contributed by atoms with Crippen molar-refractivity contribution in [1.82, 2.24) is 15.5 Å². The predicted octanol–water partition coefficient (Wildman–Crippen LogP) is -1.01. The summed E-state index contributed by atoms with van der Waals surface area (Å²) in [5.41, 5.74) is 0. The number of nitrogens with one attached hydrogen (secondary N) is 2. The minimum Gasteiger partial charge on any atom is -0.480 e. The lowest BCUT2D eigenvalue weighted by atomic mass is 10.2. The molecule has 0 spiro atoms. The second-order valence-corrected chi connectivity index (χ2v) is 4.02. The van der Waals surface area contributed by atoms with Crippen LogP contribution >= 0.6 is 0 Å². The Morgan fingerprint density at radius 3 is 2.78 bits per heavy atom. The van der Waals surface area contributed by atoms with Gasteiger partial charge in [-0.25, -0.2) is 9.59 Å². The monoisotopic (exact) mass is 253 g/mol. The van der Waals surface area contributed by atoms with Crippen LogP contribution in [0.2, 0.25) is 0 Å². The van der Waals surface area contributed by atoms with E-state index in [0.29, 0.717) is 13.0 Å². The Labute approximate surface area is 105 Å². The van der Waals surface area contributed by atoms with Crippen LogP contribution in [0.4, 0.5) is 4.79 Å². The summed E-state index contributed by atoms with van der Waals surface area (Å²) in [6.45, 7) is 0.566. The molecule has 2 atom stereocenters. The summed E-state index contributed by atoms with van der Waals surface area (Å²) >= 11 is 0. The lowest BCUT2D eigenvalue weighted by Crippen LogP contribution is -2.50. The van der Waals surface area contributed by atoms with Gasteiger partial charge >= 0.3 is 12.0 Å². The van der Waals surface area contributed by atoms with Crippen LogP contribution in [0.15, 0.2) is 0 Å². The Morgan fingerprint density at radius 1 is 1.67 bits per heavy atom. The number of nitrogens with zero attached hydrogens (tertiary/aromatic N) is 1. The predicted molar refractivity (Wildman–Crippen MR) is 62.6 cm³/mol. The highest BCUT2D eigenvalue weighted by Gasteiger charge is 2.31. The molecule has 0 saturated carbocycles. The SMILES string of the molecule is C#CCC(NC(=O)NC1CCN(C)C1=O)C(=O)O. The van der Waals surface area contributed by atoms with E-state index >= 15 is 0 Å². The third-order valence-corrected chi connectivity index (χ3v) is 2.66. The van der Waals surface area contributed by atoms with Crippen LogP contribution in [0, 0.1) is 12.3 Å². The van der Waals surface area contributed by atoms with Crippen molar-refractivity contribution in [3.63, 3.8) is 0 Å². The van der Waals surface area contributed by atoms with Crippen LogP contribution in [-0.4, -0.2) is 53.6 Å². The van der Waals surface area contributed by atoms with Gasteiger partial charge < -0.3 is 20.6 Å². The zero-order valence-electron chi connectivity index (χ0n) is 9.97. The van der Waals surface area contributed by atoms with Crippen LogP contribution in [0.1, 0.15) is 12.8 Å². The smallest absolute Gasteiger partial charge is 0.327 e. The van der Waals surface area contributed by atoms with Crippen LogP contribution in [-0.2, 0) is 9.59 Å². The molecular formula is C11H15N3O4. The van der Waals surface area contributed by atoms with Crippen molar-refractivity contribution in [3.05, 3.63) is 0 Å². The van der Waals surface area contributed by atoms with Crippen molar-refractivity contribution >= 4 is 17.9 Å². The van der Waals surface area contributed by atoms with E-state index < -0.39 is 24.1 Å². The number of urea groups is 1. The maximum absolute atomic E-state index is 11.5. The van der Waals surface area contributed by atoms with Crippen molar-refractivity contribution in [2.75, 3.05) is 13.6 Å². The standard InChI is InChI=1S/C11H15N3O4/c1-3-4-8(10(16)17)13-11(18)12-7-5-6-14(2)9(7)15/h1,7-8H,4-6H2,2H3,(H,16,17)(H2,12,13,18). The Hall–Kier alpha value is -2.23. The van der Waals surface area contributed by atoms with Gasteiger partial charge in [0.25, 0.3) is 0 Å². The fourth-order valence-electron chi connectivity index (χ4n) is 1.63. The number of carbonyl (C=O) groups excluding carboxylic acids is 2. The van der Waals surface area contributed by atoms with Gasteiger partial charge in [0.15, 0.2) is 0 Å². The molecule has 3 N–H and O–H groups in total. The molecule has 0 radical (unpaired) electrons. The first-order valence-electron chi connectivity index (χ1n) is 5.44. The Morgan fingerprint density at radius 2 is 2.33 bits per heavy atom. The summed E-state index contributed by atoms with van der Waals surface area (Å²) in [6.07, 6.45) is 5.40. The molecule has 7 nitrogen and oxygen atoms in total. The third-order valence-electron chi connectivity index (χ3n) is 2.66. The molecule has 98 valence electrons. The molecule has 18 heavy (non-hydrogen) atoms. The molecule has 1 aliphatic heterocycles. The molecule has 7 heteroatoms. The van der Waals surface area contributed by atoms with Crippen LogP contribution in [0.25, 0.3) is 0 Å². The van der Waals surface area contributed by atoms with Crippen LogP contribution < -0.4 is 10.6 Å². The summed E-state index contributed by atoms with van der Waals surface area (Å²) in [5, 5.41) is 13.4. The maximum atomic E-state index is 11.5. The number of carbonyl (C=O) groups is 3. The van der Waals surface area contributed by atoms with Crippen molar-refractivity contribution < 1.29 is 19.5 Å². The first kappa shape index (κ1) is 13.8. The Balaban J connectivity index is 2.49. The first-order valence-corrected chi connectivity index (χ1v) is 5.44. The number of carboxylic acids is 1. The quantitative estimate of drug-likeness (QED) is 0.559. The topological polar surface area (TPSA) is 98.7 Å². The number of carboxylic acid groups (broad SMARTS) is 1. The van der Waals surface area contributed by atoms with Crippen molar-refractivity contribution in [2.45, 2.75) is 24.9 Å². The number of terminal acetylenes is 1. The summed E-state index contributed by atoms with van der Waals surface area (Å²) in [6, 6.07) is -2.45. The minimum atomic E-state index is -1.21. The molecule has 0 aromatic heterocycles. The van der Waals surface area contributed by atoms with Gasteiger partial charge in [0, 0.05) is 20.0 Å². The summed E-state index contributed by atoms with van der Waals surface area (Å²) in [5.74, 6) is 0.769. The highest BCUT2D eigenvalue weighted by molar-refractivity contribution is 5.89. The van der Waals surface area contributed by atoms with Crippen molar-refractivity contribution in [3.8, 4) is 12.3 Å². The van der Waals surface area contributed by atoms with Gasteiger partial charge in [0.05, 0.1) is 0 Å². The van der Waals surface area contributed by atoms with E-state index in [1.54, 1.807) is 7.05 Å². The maximum Gasteiger partial charge on any atom is 0.327 e. The molecule has 0 aromatic carbocycles. The van der Waals surface area contributed by atoms with Gasteiger partial charge in [0.2, 0.25) is 5.91 Å². The average Bonchev–Trinajstić information content (AvgIpc) is 2.60. The zero-order chi connectivity index (χ0) is 13.7. The van der Waals surface area contributed by atoms with Gasteiger partial charge in [0.1, 0.15) is 12.1 Å². The molecule has 1 heterocycles. The highest BCUT2D eigenvalue weighted by Crippen LogP contribution is 2.08. The fourth-order valence-corrected chi connectivity index (χ4v) is 1.63. The van der Waals surface area contributed by atoms with Crippen LogP contribution in [0.3, 0.4) is 0 Å². The first-order chi connectivity index (χ1) is 8.45. The second-order valence-electron chi connectivity index (χ2n) is 4.02. The zero-order valence-corrected chi connectivity index (χ0v) is 9.97. The number of amides is 3. The minimum absolute atomic E-state index is 0.110. The molecular weight excluding hydrogens is 238 g/mol. The van der Waals surface area contributed by atoms with Gasteiger partial charge in [-0.15, -0.1) is 12.3 Å². The number of rotatable bonds is 4. The number of hydrogen-bond acceptors (Lipinski definition) is 3. The molecule has 1 fully saturated rings. The van der Waals surface area contributed by atoms with E-state index in [-0.39, 0.29) is 12.3 Å². The van der Waals surface area contributed by atoms with E-state index in [9.17, 15) is 14.4 Å². The van der Waals surface area contributed by atoms with Gasteiger partial charge in [-0.2, -0.15) is 0 Å². The summed E-state index contributed by atoms with van der Waals surface area (Å²) in [7, 11) is 1.64. The molecule has 1 rings (SSSR count). The molecule has 0 aliphatic carbocycles. The largest absolute Gasteiger partial charge is 0.480 e. The van der Waals surface area contributed by atoms with E-state index in [1.165, 1.54) is 4.90 Å². The Kier molecular flexibility index (Phi) is 4.54. The van der Waals surface area contributed by atoms with Gasteiger partial charge in [-0.3, -0.25) is 4.79 Å². The molecule has 2 unspecified atom stereocenters. The number of aliphatic carboxylic acids is 1. The van der Waals surface area contributed by atoms with Gasteiger partial charge in [-0.05, 0) is 6.42 Å².